The average Bonchev–Trinajstić information content (AvgIpc) is 2.52. The smallest absolute Gasteiger partial charge is 0.164 e. The molecule has 1 fully saturated rings. The van der Waals surface area contributed by atoms with Crippen LogP contribution in [0.4, 0.5) is 0 Å². The van der Waals surface area contributed by atoms with Crippen LogP contribution in [0.5, 0.6) is 0 Å². The van der Waals surface area contributed by atoms with Crippen LogP contribution >= 0.6 is 0 Å². The molecule has 62 valence electrons. The Bertz CT molecular complexity index is 136. The van der Waals surface area contributed by atoms with Crippen molar-refractivity contribution in [2.75, 3.05) is 13.2 Å². The molecule has 1 unspecified atom stereocenters. The summed E-state index contributed by atoms with van der Waals surface area (Å²) >= 11 is 0. The standard InChI is InChI=1S/C9H14O2/c1-3-5-8(4-2)9-10-6-7-11-9/h3-4,8-9H,1-2,5-7H2. The van der Waals surface area contributed by atoms with Crippen LogP contribution in [-0.2, 0) is 9.47 Å². The average molecular weight is 154 g/mol. The highest BCUT2D eigenvalue weighted by molar-refractivity contribution is 4.88. The fourth-order valence-electron chi connectivity index (χ4n) is 1.13. The van der Waals surface area contributed by atoms with Gasteiger partial charge in [0.2, 0.25) is 0 Å². The molecule has 0 radical (unpaired) electrons. The van der Waals surface area contributed by atoms with Gasteiger partial charge >= 0.3 is 0 Å². The van der Waals surface area contributed by atoms with Gasteiger partial charge in [-0.05, 0) is 6.42 Å². The molecule has 2 nitrogen and oxygen atoms in total. The fraction of sp³-hybridized carbons (Fsp3) is 0.556. The van der Waals surface area contributed by atoms with Crippen LogP contribution in [0.2, 0.25) is 0 Å². The molecular formula is C9H14O2. The van der Waals surface area contributed by atoms with Crippen molar-refractivity contribution in [3.05, 3.63) is 25.3 Å². The molecule has 0 aromatic rings. The maximum Gasteiger partial charge on any atom is 0.164 e. The predicted octanol–water partition coefficient (Wildman–Crippen LogP) is 1.74. The predicted molar refractivity (Wildman–Crippen MR) is 44.2 cm³/mol. The van der Waals surface area contributed by atoms with Gasteiger partial charge in [-0.2, -0.15) is 0 Å². The molecule has 0 aliphatic carbocycles. The zero-order chi connectivity index (χ0) is 8.10. The van der Waals surface area contributed by atoms with Gasteiger partial charge in [-0.15, -0.1) is 13.2 Å². The van der Waals surface area contributed by atoms with Crippen LogP contribution in [0.1, 0.15) is 6.42 Å². The minimum atomic E-state index is -0.0921. The van der Waals surface area contributed by atoms with Gasteiger partial charge in [0.15, 0.2) is 6.29 Å². The van der Waals surface area contributed by atoms with Crippen molar-refractivity contribution in [3.63, 3.8) is 0 Å². The molecule has 1 rings (SSSR count). The zero-order valence-corrected chi connectivity index (χ0v) is 6.66. The summed E-state index contributed by atoms with van der Waals surface area (Å²) in [6, 6.07) is 0. The van der Waals surface area contributed by atoms with Crippen molar-refractivity contribution in [2.24, 2.45) is 5.92 Å². The van der Waals surface area contributed by atoms with Gasteiger partial charge in [0.05, 0.1) is 13.2 Å². The molecule has 1 saturated heterocycles. The Kier molecular flexibility index (Phi) is 3.33. The van der Waals surface area contributed by atoms with Crippen LogP contribution in [-0.4, -0.2) is 19.5 Å². The largest absolute Gasteiger partial charge is 0.350 e. The third kappa shape index (κ3) is 2.17. The monoisotopic (exact) mass is 154 g/mol. The number of allylic oxidation sites excluding steroid dienone is 1. The Morgan fingerprint density at radius 1 is 1.36 bits per heavy atom. The molecule has 11 heavy (non-hydrogen) atoms. The van der Waals surface area contributed by atoms with Crippen molar-refractivity contribution >= 4 is 0 Å². The molecule has 0 amide bonds. The molecule has 0 N–H and O–H groups in total. The second kappa shape index (κ2) is 4.31. The lowest BCUT2D eigenvalue weighted by atomic mass is 10.1. The van der Waals surface area contributed by atoms with E-state index < -0.39 is 0 Å². The number of hydrogen-bond acceptors (Lipinski definition) is 2. The first kappa shape index (κ1) is 8.50. The number of ether oxygens (including phenoxy) is 2. The number of hydrogen-bond donors (Lipinski definition) is 0. The van der Waals surface area contributed by atoms with Gasteiger partial charge in [-0.3, -0.25) is 0 Å². The van der Waals surface area contributed by atoms with Crippen molar-refractivity contribution in [1.29, 1.82) is 0 Å². The van der Waals surface area contributed by atoms with Crippen molar-refractivity contribution < 1.29 is 9.47 Å². The molecule has 1 aliphatic heterocycles. The molecule has 0 spiro atoms. The minimum absolute atomic E-state index is 0.0921. The highest BCUT2D eigenvalue weighted by Crippen LogP contribution is 2.18. The summed E-state index contributed by atoms with van der Waals surface area (Å²) in [6.45, 7) is 8.78. The van der Waals surface area contributed by atoms with Gasteiger partial charge in [0.25, 0.3) is 0 Å². The van der Waals surface area contributed by atoms with Crippen LogP contribution in [0.15, 0.2) is 25.3 Å². The van der Waals surface area contributed by atoms with E-state index >= 15 is 0 Å². The Hall–Kier alpha value is -0.600. The quantitative estimate of drug-likeness (QED) is 0.574. The van der Waals surface area contributed by atoms with E-state index in [1.54, 1.807) is 0 Å². The highest BCUT2D eigenvalue weighted by atomic mass is 16.7. The third-order valence-corrected chi connectivity index (χ3v) is 1.74. The Morgan fingerprint density at radius 3 is 2.45 bits per heavy atom. The summed E-state index contributed by atoms with van der Waals surface area (Å²) in [4.78, 5) is 0. The molecular weight excluding hydrogens is 140 g/mol. The Morgan fingerprint density at radius 2 is 2.00 bits per heavy atom. The molecule has 0 bridgehead atoms. The van der Waals surface area contributed by atoms with E-state index in [1.807, 2.05) is 12.2 Å². The van der Waals surface area contributed by atoms with Crippen molar-refractivity contribution in [2.45, 2.75) is 12.7 Å². The molecule has 1 heterocycles. The van der Waals surface area contributed by atoms with Gasteiger partial charge in [0.1, 0.15) is 0 Å². The Balaban J connectivity index is 2.39. The van der Waals surface area contributed by atoms with Gasteiger partial charge in [0, 0.05) is 5.92 Å². The zero-order valence-electron chi connectivity index (χ0n) is 6.66. The SMILES string of the molecule is C=CCC(C=C)C1OCCO1. The van der Waals surface area contributed by atoms with E-state index in [2.05, 4.69) is 13.2 Å². The summed E-state index contributed by atoms with van der Waals surface area (Å²) in [7, 11) is 0. The summed E-state index contributed by atoms with van der Waals surface area (Å²) in [5.41, 5.74) is 0. The van der Waals surface area contributed by atoms with E-state index in [4.69, 9.17) is 9.47 Å². The first-order valence-corrected chi connectivity index (χ1v) is 3.85. The van der Waals surface area contributed by atoms with Gasteiger partial charge < -0.3 is 9.47 Å². The van der Waals surface area contributed by atoms with E-state index in [-0.39, 0.29) is 12.2 Å². The first-order valence-electron chi connectivity index (χ1n) is 3.85. The first-order chi connectivity index (χ1) is 5.38. The highest BCUT2D eigenvalue weighted by Gasteiger charge is 2.22. The second-order valence-corrected chi connectivity index (χ2v) is 2.53. The van der Waals surface area contributed by atoms with Crippen LogP contribution in [0.3, 0.4) is 0 Å². The summed E-state index contributed by atoms with van der Waals surface area (Å²) in [6.07, 6.45) is 4.49. The molecule has 1 aliphatic rings. The molecule has 2 heteroatoms. The summed E-state index contributed by atoms with van der Waals surface area (Å²) < 4.78 is 10.6. The Labute approximate surface area is 67.5 Å². The molecule has 0 aromatic carbocycles. The van der Waals surface area contributed by atoms with E-state index in [9.17, 15) is 0 Å². The lowest BCUT2D eigenvalue weighted by Gasteiger charge is -2.16. The maximum absolute atomic E-state index is 5.32. The van der Waals surface area contributed by atoms with Crippen molar-refractivity contribution in [1.82, 2.24) is 0 Å². The maximum atomic E-state index is 5.32. The van der Waals surface area contributed by atoms with Crippen molar-refractivity contribution in [3.8, 4) is 0 Å². The molecule has 0 saturated carbocycles. The third-order valence-electron chi connectivity index (χ3n) is 1.74. The second-order valence-electron chi connectivity index (χ2n) is 2.53. The van der Waals surface area contributed by atoms with Gasteiger partial charge in [-0.25, -0.2) is 0 Å². The lowest BCUT2D eigenvalue weighted by molar-refractivity contribution is -0.0693. The lowest BCUT2D eigenvalue weighted by Crippen LogP contribution is -2.18. The topological polar surface area (TPSA) is 18.5 Å². The van der Waals surface area contributed by atoms with Crippen LogP contribution < -0.4 is 0 Å². The number of rotatable bonds is 4. The minimum Gasteiger partial charge on any atom is -0.350 e. The molecule has 1 atom stereocenters. The van der Waals surface area contributed by atoms with E-state index in [1.165, 1.54) is 0 Å². The fourth-order valence-corrected chi connectivity index (χ4v) is 1.13. The summed E-state index contributed by atoms with van der Waals surface area (Å²) in [5, 5.41) is 0. The summed E-state index contributed by atoms with van der Waals surface area (Å²) in [5.74, 6) is 0.259. The van der Waals surface area contributed by atoms with E-state index in [0.29, 0.717) is 13.2 Å². The van der Waals surface area contributed by atoms with E-state index in [0.717, 1.165) is 6.42 Å². The molecule has 0 aromatic heterocycles. The van der Waals surface area contributed by atoms with Crippen LogP contribution in [0, 0.1) is 5.92 Å². The van der Waals surface area contributed by atoms with Crippen LogP contribution in [0.25, 0.3) is 0 Å². The van der Waals surface area contributed by atoms with Gasteiger partial charge in [-0.1, -0.05) is 12.2 Å². The normalized spacial score (nSPS) is 21.5.